The van der Waals surface area contributed by atoms with Gasteiger partial charge in [-0.1, -0.05) is 20.8 Å². The van der Waals surface area contributed by atoms with Crippen molar-refractivity contribution in [2.75, 3.05) is 19.6 Å². The highest BCUT2D eigenvalue weighted by atomic mass is 16.1. The van der Waals surface area contributed by atoms with Gasteiger partial charge in [0.1, 0.15) is 0 Å². The van der Waals surface area contributed by atoms with Crippen molar-refractivity contribution >= 4 is 5.91 Å². The van der Waals surface area contributed by atoms with Gasteiger partial charge >= 0.3 is 0 Å². The van der Waals surface area contributed by atoms with Crippen molar-refractivity contribution in [2.24, 2.45) is 22.8 Å². The molecule has 0 saturated carbocycles. The van der Waals surface area contributed by atoms with E-state index in [0.29, 0.717) is 12.6 Å². The van der Waals surface area contributed by atoms with E-state index in [9.17, 15) is 4.79 Å². The first-order chi connectivity index (χ1) is 7.36. The Balaban J connectivity index is 2.68. The predicted molar refractivity (Wildman–Crippen MR) is 65.8 cm³/mol. The molecule has 0 radical (unpaired) electrons. The summed E-state index contributed by atoms with van der Waals surface area (Å²) in [5.74, 6) is -0.167. The van der Waals surface area contributed by atoms with E-state index in [1.807, 2.05) is 0 Å². The van der Waals surface area contributed by atoms with Crippen LogP contribution in [-0.2, 0) is 4.79 Å². The Morgan fingerprint density at radius 3 is 2.56 bits per heavy atom. The van der Waals surface area contributed by atoms with Gasteiger partial charge in [0, 0.05) is 19.1 Å². The number of rotatable bonds is 3. The first-order valence-electron chi connectivity index (χ1n) is 6.09. The molecule has 0 aromatic rings. The van der Waals surface area contributed by atoms with E-state index in [2.05, 4.69) is 25.7 Å². The molecule has 94 valence electrons. The number of hydrogen-bond donors (Lipinski definition) is 2. The topological polar surface area (TPSA) is 72.3 Å². The molecule has 0 aliphatic carbocycles. The summed E-state index contributed by atoms with van der Waals surface area (Å²) >= 11 is 0. The lowest BCUT2D eigenvalue weighted by molar-refractivity contribution is -0.124. The molecule has 1 aliphatic heterocycles. The Morgan fingerprint density at radius 2 is 2.12 bits per heavy atom. The summed E-state index contributed by atoms with van der Waals surface area (Å²) in [5, 5.41) is 0. The zero-order valence-electron chi connectivity index (χ0n) is 10.7. The fourth-order valence-electron chi connectivity index (χ4n) is 2.57. The van der Waals surface area contributed by atoms with E-state index >= 15 is 0 Å². The molecule has 1 amide bonds. The van der Waals surface area contributed by atoms with E-state index < -0.39 is 0 Å². The molecule has 1 rings (SSSR count). The van der Waals surface area contributed by atoms with Crippen LogP contribution in [0, 0.1) is 11.3 Å². The summed E-state index contributed by atoms with van der Waals surface area (Å²) in [6, 6.07) is 0.328. The molecule has 4 heteroatoms. The van der Waals surface area contributed by atoms with Gasteiger partial charge in [-0.15, -0.1) is 0 Å². The smallest absolute Gasteiger partial charge is 0.221 e. The SMILES string of the molecule is CC(C)(C)C(CN)N1CCCC(C(N)=O)C1. The predicted octanol–water partition coefficient (Wildman–Crippen LogP) is 0.557. The first kappa shape index (κ1) is 13.5. The summed E-state index contributed by atoms with van der Waals surface area (Å²) < 4.78 is 0. The lowest BCUT2D eigenvalue weighted by Gasteiger charge is -2.43. The van der Waals surface area contributed by atoms with Crippen LogP contribution in [0.1, 0.15) is 33.6 Å². The Hall–Kier alpha value is -0.610. The molecular weight excluding hydrogens is 202 g/mol. The normalized spacial score (nSPS) is 25.4. The van der Waals surface area contributed by atoms with Crippen LogP contribution in [0.4, 0.5) is 0 Å². The summed E-state index contributed by atoms with van der Waals surface area (Å²) in [4.78, 5) is 13.6. The first-order valence-corrected chi connectivity index (χ1v) is 6.09. The number of hydrogen-bond acceptors (Lipinski definition) is 3. The minimum atomic E-state index is -0.172. The molecule has 2 atom stereocenters. The highest BCUT2D eigenvalue weighted by Gasteiger charge is 2.33. The van der Waals surface area contributed by atoms with Gasteiger partial charge in [0.25, 0.3) is 0 Å². The van der Waals surface area contributed by atoms with Crippen LogP contribution in [0.2, 0.25) is 0 Å². The summed E-state index contributed by atoms with van der Waals surface area (Å²) in [5.41, 5.74) is 11.4. The van der Waals surface area contributed by atoms with Crippen LogP contribution in [0.15, 0.2) is 0 Å². The van der Waals surface area contributed by atoms with Gasteiger partial charge in [-0.2, -0.15) is 0 Å². The average molecular weight is 227 g/mol. The molecule has 1 heterocycles. The van der Waals surface area contributed by atoms with Gasteiger partial charge in [0.2, 0.25) is 5.91 Å². The van der Waals surface area contributed by atoms with E-state index in [0.717, 1.165) is 25.9 Å². The van der Waals surface area contributed by atoms with Crippen molar-refractivity contribution in [1.29, 1.82) is 0 Å². The van der Waals surface area contributed by atoms with E-state index in [1.54, 1.807) is 0 Å². The lowest BCUT2D eigenvalue weighted by atomic mass is 9.83. The lowest BCUT2D eigenvalue weighted by Crippen LogP contribution is -2.53. The van der Waals surface area contributed by atoms with Crippen molar-refractivity contribution < 1.29 is 4.79 Å². The molecule has 4 N–H and O–H groups in total. The van der Waals surface area contributed by atoms with Gasteiger partial charge in [0.15, 0.2) is 0 Å². The Morgan fingerprint density at radius 1 is 1.50 bits per heavy atom. The van der Waals surface area contributed by atoms with Crippen molar-refractivity contribution in [1.82, 2.24) is 4.90 Å². The standard InChI is InChI=1S/C12H25N3O/c1-12(2,3)10(7-13)15-6-4-5-9(8-15)11(14)16/h9-10H,4-8,13H2,1-3H3,(H2,14,16). The molecule has 1 fully saturated rings. The third kappa shape index (κ3) is 3.19. The van der Waals surface area contributed by atoms with Crippen molar-refractivity contribution in [3.05, 3.63) is 0 Å². The maximum absolute atomic E-state index is 11.2. The average Bonchev–Trinajstić information content (AvgIpc) is 2.17. The number of carbonyl (C=O) groups excluding carboxylic acids is 1. The van der Waals surface area contributed by atoms with E-state index in [4.69, 9.17) is 11.5 Å². The summed E-state index contributed by atoms with van der Waals surface area (Å²) in [7, 11) is 0. The fourth-order valence-corrected chi connectivity index (χ4v) is 2.57. The maximum Gasteiger partial charge on any atom is 0.221 e. The molecule has 0 aromatic carbocycles. The van der Waals surface area contributed by atoms with Gasteiger partial charge in [-0.25, -0.2) is 0 Å². The minimum Gasteiger partial charge on any atom is -0.369 e. The number of carbonyl (C=O) groups is 1. The highest BCUT2D eigenvalue weighted by molar-refractivity contribution is 5.76. The van der Waals surface area contributed by atoms with Crippen molar-refractivity contribution in [3.8, 4) is 0 Å². The molecule has 1 saturated heterocycles. The van der Waals surface area contributed by atoms with Gasteiger partial charge in [-0.05, 0) is 24.8 Å². The summed E-state index contributed by atoms with van der Waals surface area (Å²) in [6.45, 7) is 9.02. The molecule has 4 nitrogen and oxygen atoms in total. The van der Waals surface area contributed by atoms with Gasteiger partial charge < -0.3 is 11.5 Å². The van der Waals surface area contributed by atoms with Crippen LogP contribution in [-0.4, -0.2) is 36.5 Å². The van der Waals surface area contributed by atoms with Crippen LogP contribution in [0.5, 0.6) is 0 Å². The van der Waals surface area contributed by atoms with Crippen LogP contribution < -0.4 is 11.5 Å². The van der Waals surface area contributed by atoms with Crippen LogP contribution in [0.3, 0.4) is 0 Å². The second-order valence-corrected chi connectivity index (χ2v) is 5.85. The van der Waals surface area contributed by atoms with Gasteiger partial charge in [0.05, 0.1) is 5.92 Å². The van der Waals surface area contributed by atoms with E-state index in [1.165, 1.54) is 0 Å². The molecule has 2 unspecified atom stereocenters. The summed E-state index contributed by atoms with van der Waals surface area (Å²) in [6.07, 6.45) is 1.97. The number of nitrogens with two attached hydrogens (primary N) is 2. The number of primary amides is 1. The molecule has 1 aliphatic rings. The number of likely N-dealkylation sites (tertiary alicyclic amines) is 1. The largest absolute Gasteiger partial charge is 0.369 e. The zero-order valence-corrected chi connectivity index (χ0v) is 10.7. The van der Waals surface area contributed by atoms with Crippen LogP contribution >= 0.6 is 0 Å². The molecule has 0 spiro atoms. The van der Waals surface area contributed by atoms with Crippen LogP contribution in [0.25, 0.3) is 0 Å². The second kappa shape index (κ2) is 5.15. The molecule has 16 heavy (non-hydrogen) atoms. The molecule has 0 bridgehead atoms. The van der Waals surface area contributed by atoms with E-state index in [-0.39, 0.29) is 17.2 Å². The maximum atomic E-state index is 11.2. The Kier molecular flexibility index (Phi) is 4.33. The third-order valence-corrected chi connectivity index (χ3v) is 3.52. The Labute approximate surface area is 98.3 Å². The monoisotopic (exact) mass is 227 g/mol. The number of nitrogens with zero attached hydrogens (tertiary/aromatic N) is 1. The quantitative estimate of drug-likeness (QED) is 0.740. The second-order valence-electron chi connectivity index (χ2n) is 5.85. The number of piperidine rings is 1. The molecular formula is C12H25N3O. The fraction of sp³-hybridized carbons (Fsp3) is 0.917. The molecule has 0 aromatic heterocycles. The third-order valence-electron chi connectivity index (χ3n) is 3.52. The van der Waals surface area contributed by atoms with Gasteiger partial charge in [-0.3, -0.25) is 9.69 Å². The Bertz CT molecular complexity index is 247. The minimum absolute atomic E-state index is 0.00477. The highest BCUT2D eigenvalue weighted by Crippen LogP contribution is 2.27. The number of amides is 1. The van der Waals surface area contributed by atoms with Crippen molar-refractivity contribution in [3.63, 3.8) is 0 Å². The zero-order chi connectivity index (χ0) is 12.3. The van der Waals surface area contributed by atoms with Crippen molar-refractivity contribution in [2.45, 2.75) is 39.7 Å².